The third-order valence-corrected chi connectivity index (χ3v) is 3.71. The summed E-state index contributed by atoms with van der Waals surface area (Å²) in [6.45, 7) is 1.92. The minimum absolute atomic E-state index is 0.210. The highest BCUT2D eigenvalue weighted by Gasteiger charge is 2.19. The van der Waals surface area contributed by atoms with E-state index in [1.165, 1.54) is 12.1 Å². The zero-order valence-electron chi connectivity index (χ0n) is 9.88. The van der Waals surface area contributed by atoms with Crippen LogP contribution in [-0.4, -0.2) is 25.7 Å². The lowest BCUT2D eigenvalue weighted by molar-refractivity contribution is -0.139. The van der Waals surface area contributed by atoms with Crippen LogP contribution < -0.4 is 0 Å². The van der Waals surface area contributed by atoms with Crippen LogP contribution in [0.3, 0.4) is 0 Å². The summed E-state index contributed by atoms with van der Waals surface area (Å²) >= 11 is 0. The van der Waals surface area contributed by atoms with Crippen molar-refractivity contribution in [2.45, 2.75) is 30.6 Å². The molecule has 4 nitrogen and oxygen atoms in total. The minimum atomic E-state index is -3.23. The van der Waals surface area contributed by atoms with Crippen molar-refractivity contribution in [1.82, 2.24) is 0 Å². The molecule has 1 aromatic carbocycles. The molecule has 0 aliphatic rings. The maximum atomic E-state index is 11.3. The van der Waals surface area contributed by atoms with Crippen molar-refractivity contribution in [1.29, 1.82) is 0 Å². The van der Waals surface area contributed by atoms with Gasteiger partial charge in [0.05, 0.1) is 10.8 Å². The molecule has 0 radical (unpaired) electrons. The van der Waals surface area contributed by atoms with Gasteiger partial charge >= 0.3 is 5.97 Å². The van der Waals surface area contributed by atoms with Gasteiger partial charge in [-0.05, 0) is 24.1 Å². The molecule has 17 heavy (non-hydrogen) atoms. The minimum Gasteiger partial charge on any atom is -0.481 e. The third-order valence-electron chi connectivity index (χ3n) is 2.59. The van der Waals surface area contributed by atoms with Gasteiger partial charge in [-0.2, -0.15) is 0 Å². The first-order valence-corrected chi connectivity index (χ1v) is 7.28. The number of carboxylic acids is 1. The molecule has 1 N–H and O–H groups in total. The molecule has 1 atom stereocenters. The van der Waals surface area contributed by atoms with Gasteiger partial charge in [0.15, 0.2) is 9.84 Å². The van der Waals surface area contributed by atoms with Gasteiger partial charge in [0.1, 0.15) is 0 Å². The highest BCUT2D eigenvalue weighted by molar-refractivity contribution is 7.90. The Morgan fingerprint density at radius 3 is 2.18 bits per heavy atom. The third kappa shape index (κ3) is 3.56. The fourth-order valence-corrected chi connectivity index (χ4v) is 2.30. The average Bonchev–Trinajstić information content (AvgIpc) is 2.24. The Morgan fingerprint density at radius 1 is 1.29 bits per heavy atom. The molecule has 5 heteroatoms. The molecule has 1 aromatic rings. The molecule has 0 aromatic heterocycles. The molecular weight excluding hydrogens is 240 g/mol. The van der Waals surface area contributed by atoms with Crippen LogP contribution in [0.15, 0.2) is 29.2 Å². The number of carboxylic acid groups (broad SMARTS) is 1. The molecule has 0 aliphatic carbocycles. The van der Waals surface area contributed by atoms with Crippen molar-refractivity contribution in [3.63, 3.8) is 0 Å². The molecule has 0 aliphatic heterocycles. The molecule has 0 fully saturated rings. The van der Waals surface area contributed by atoms with E-state index >= 15 is 0 Å². The van der Waals surface area contributed by atoms with E-state index in [4.69, 9.17) is 5.11 Å². The summed E-state index contributed by atoms with van der Waals surface area (Å²) in [4.78, 5) is 11.3. The summed E-state index contributed by atoms with van der Waals surface area (Å²) in [7, 11) is -3.23. The lowest BCUT2D eigenvalue weighted by Crippen LogP contribution is -2.11. The number of carbonyl (C=O) groups is 1. The van der Waals surface area contributed by atoms with E-state index in [-0.39, 0.29) is 4.90 Å². The van der Waals surface area contributed by atoms with Crippen molar-refractivity contribution in [3.05, 3.63) is 29.8 Å². The summed E-state index contributed by atoms with van der Waals surface area (Å²) in [5, 5.41) is 9.07. The molecule has 94 valence electrons. The van der Waals surface area contributed by atoms with Gasteiger partial charge in [-0.15, -0.1) is 0 Å². The largest absolute Gasteiger partial charge is 0.481 e. The molecule has 0 saturated heterocycles. The highest BCUT2D eigenvalue weighted by atomic mass is 32.2. The second-order valence-electron chi connectivity index (χ2n) is 4.02. The Bertz CT molecular complexity index is 488. The summed E-state index contributed by atoms with van der Waals surface area (Å²) in [5.74, 6) is -1.44. The maximum Gasteiger partial charge on any atom is 0.310 e. The van der Waals surface area contributed by atoms with Crippen LogP contribution in [0, 0.1) is 0 Å². The molecule has 0 saturated carbocycles. The zero-order chi connectivity index (χ0) is 13.1. The summed E-state index contributed by atoms with van der Waals surface area (Å²) in [6, 6.07) is 6.06. The first-order valence-electron chi connectivity index (χ1n) is 5.39. The second-order valence-corrected chi connectivity index (χ2v) is 6.04. The van der Waals surface area contributed by atoms with Crippen LogP contribution >= 0.6 is 0 Å². The van der Waals surface area contributed by atoms with Gasteiger partial charge in [0.25, 0.3) is 0 Å². The molecule has 0 spiro atoms. The predicted molar refractivity (Wildman–Crippen MR) is 64.8 cm³/mol. The van der Waals surface area contributed by atoms with E-state index in [1.54, 1.807) is 12.1 Å². The van der Waals surface area contributed by atoms with Gasteiger partial charge in [0.2, 0.25) is 0 Å². The normalized spacial score (nSPS) is 13.3. The van der Waals surface area contributed by atoms with Gasteiger partial charge < -0.3 is 5.11 Å². The molecule has 0 amide bonds. The standard InChI is InChI=1S/C12H16O4S/c1-3-4-11(12(13)14)9-5-7-10(8-6-9)17(2,15)16/h5-8,11H,3-4H2,1-2H3,(H,13,14). The van der Waals surface area contributed by atoms with Crippen molar-refractivity contribution >= 4 is 15.8 Å². The predicted octanol–water partition coefficient (Wildman–Crippen LogP) is 2.06. The monoisotopic (exact) mass is 256 g/mol. The first kappa shape index (κ1) is 13.7. The second kappa shape index (κ2) is 5.31. The molecule has 1 unspecified atom stereocenters. The van der Waals surface area contributed by atoms with E-state index in [1.807, 2.05) is 6.92 Å². The van der Waals surface area contributed by atoms with E-state index < -0.39 is 21.7 Å². The van der Waals surface area contributed by atoms with Crippen LogP contribution in [0.5, 0.6) is 0 Å². The molecular formula is C12H16O4S. The topological polar surface area (TPSA) is 71.4 Å². The molecule has 0 heterocycles. The summed E-state index contributed by atoms with van der Waals surface area (Å²) in [6.07, 6.45) is 2.45. The fourth-order valence-electron chi connectivity index (χ4n) is 1.67. The van der Waals surface area contributed by atoms with Crippen LogP contribution in [0.2, 0.25) is 0 Å². The maximum absolute atomic E-state index is 11.3. The van der Waals surface area contributed by atoms with Gasteiger partial charge in [-0.25, -0.2) is 8.42 Å². The van der Waals surface area contributed by atoms with Gasteiger partial charge in [-0.3, -0.25) is 4.79 Å². The van der Waals surface area contributed by atoms with E-state index in [9.17, 15) is 13.2 Å². The number of hydrogen-bond acceptors (Lipinski definition) is 3. The quantitative estimate of drug-likeness (QED) is 0.875. The highest BCUT2D eigenvalue weighted by Crippen LogP contribution is 2.23. The smallest absolute Gasteiger partial charge is 0.310 e. The van der Waals surface area contributed by atoms with E-state index in [0.29, 0.717) is 12.0 Å². The Balaban J connectivity index is 3.04. The number of hydrogen-bond donors (Lipinski definition) is 1. The Hall–Kier alpha value is -1.36. The Morgan fingerprint density at radius 2 is 1.82 bits per heavy atom. The number of benzene rings is 1. The van der Waals surface area contributed by atoms with Crippen LogP contribution in [-0.2, 0) is 14.6 Å². The van der Waals surface area contributed by atoms with Crippen LogP contribution in [0.1, 0.15) is 31.2 Å². The summed E-state index contributed by atoms with van der Waals surface area (Å²) in [5.41, 5.74) is 0.645. The number of sulfone groups is 1. The van der Waals surface area contributed by atoms with Crippen molar-refractivity contribution < 1.29 is 18.3 Å². The zero-order valence-corrected chi connectivity index (χ0v) is 10.7. The molecule has 0 bridgehead atoms. The van der Waals surface area contributed by atoms with Gasteiger partial charge in [-0.1, -0.05) is 25.5 Å². The van der Waals surface area contributed by atoms with Crippen molar-refractivity contribution in [2.75, 3.05) is 6.26 Å². The number of rotatable bonds is 5. The lowest BCUT2D eigenvalue weighted by Gasteiger charge is -2.11. The molecule has 1 rings (SSSR count). The van der Waals surface area contributed by atoms with E-state index in [2.05, 4.69) is 0 Å². The average molecular weight is 256 g/mol. The van der Waals surface area contributed by atoms with Gasteiger partial charge in [0, 0.05) is 6.26 Å². The van der Waals surface area contributed by atoms with Crippen molar-refractivity contribution in [3.8, 4) is 0 Å². The summed E-state index contributed by atoms with van der Waals surface area (Å²) < 4.78 is 22.5. The Kier molecular flexibility index (Phi) is 4.28. The number of aliphatic carboxylic acids is 1. The first-order chi connectivity index (χ1) is 7.86. The van der Waals surface area contributed by atoms with Crippen LogP contribution in [0.4, 0.5) is 0 Å². The Labute approximate surface area is 101 Å². The SMILES string of the molecule is CCCC(C(=O)O)c1ccc(S(C)(=O)=O)cc1. The van der Waals surface area contributed by atoms with Crippen LogP contribution in [0.25, 0.3) is 0 Å². The fraction of sp³-hybridized carbons (Fsp3) is 0.417. The lowest BCUT2D eigenvalue weighted by atomic mass is 9.95. The van der Waals surface area contributed by atoms with Crippen molar-refractivity contribution in [2.24, 2.45) is 0 Å². The van der Waals surface area contributed by atoms with E-state index in [0.717, 1.165) is 12.7 Å².